The maximum absolute atomic E-state index is 12.6. The molecule has 2 aromatic rings. The number of rotatable bonds is 0. The summed E-state index contributed by atoms with van der Waals surface area (Å²) in [7, 11) is -1.03. The van der Waals surface area contributed by atoms with Crippen LogP contribution in [0.25, 0.3) is 0 Å². The lowest BCUT2D eigenvalue weighted by molar-refractivity contribution is 0.682. The summed E-state index contributed by atoms with van der Waals surface area (Å²) in [6.07, 6.45) is 0. The molecule has 3 rings (SSSR count). The fourth-order valence-corrected chi connectivity index (χ4v) is 4.62. The lowest BCUT2D eigenvalue weighted by Crippen LogP contribution is -2.03. The molecule has 0 unspecified atom stereocenters. The molecule has 1 aliphatic rings. The monoisotopic (exact) mass is 260 g/mol. The molecule has 0 fully saturated rings. The quantitative estimate of drug-likeness (QED) is 0.720. The van der Waals surface area contributed by atoms with E-state index in [9.17, 15) is 4.21 Å². The van der Waals surface area contributed by atoms with Gasteiger partial charge in [-0.2, -0.15) is 11.8 Å². The maximum Gasteiger partial charge on any atom is 0.0855 e. The Balaban J connectivity index is 2.18. The van der Waals surface area contributed by atoms with E-state index >= 15 is 0 Å². The second-order valence-electron chi connectivity index (χ2n) is 3.98. The second-order valence-corrected chi connectivity index (χ2v) is 6.38. The molecule has 0 saturated heterocycles. The van der Waals surface area contributed by atoms with Crippen molar-refractivity contribution < 1.29 is 4.21 Å². The summed E-state index contributed by atoms with van der Waals surface area (Å²) in [6, 6.07) is 16.1. The zero-order chi connectivity index (χ0) is 11.7. The van der Waals surface area contributed by atoms with Gasteiger partial charge in [-0.3, -0.25) is 0 Å². The molecular weight excluding hydrogens is 248 g/mol. The predicted molar refractivity (Wildman–Crippen MR) is 72.6 cm³/mol. The highest BCUT2D eigenvalue weighted by Crippen LogP contribution is 2.31. The van der Waals surface area contributed by atoms with E-state index in [2.05, 4.69) is 12.1 Å². The van der Waals surface area contributed by atoms with Gasteiger partial charge in [0.2, 0.25) is 0 Å². The van der Waals surface area contributed by atoms with Gasteiger partial charge >= 0.3 is 0 Å². The molecular formula is C14H12OS2. The highest BCUT2D eigenvalue weighted by Gasteiger charge is 2.17. The van der Waals surface area contributed by atoms with Crippen LogP contribution in [0.5, 0.6) is 0 Å². The van der Waals surface area contributed by atoms with Crippen LogP contribution in [0.3, 0.4) is 0 Å². The normalized spacial score (nSPS) is 15.5. The van der Waals surface area contributed by atoms with Crippen LogP contribution in [0.15, 0.2) is 58.3 Å². The topological polar surface area (TPSA) is 17.1 Å². The van der Waals surface area contributed by atoms with E-state index in [4.69, 9.17) is 0 Å². The third kappa shape index (κ3) is 2.05. The van der Waals surface area contributed by atoms with E-state index in [1.165, 1.54) is 11.1 Å². The third-order valence-electron chi connectivity index (χ3n) is 2.86. The Kier molecular flexibility index (Phi) is 3.04. The standard InChI is InChI=1S/C14H12OS2/c15-17-13-7-3-1-5-11(13)9-16-10-12-6-2-4-8-14(12)17/h1-8H,9-10H2. The molecule has 0 amide bonds. The molecule has 1 heterocycles. The zero-order valence-electron chi connectivity index (χ0n) is 9.26. The van der Waals surface area contributed by atoms with Crippen molar-refractivity contribution in [2.45, 2.75) is 21.3 Å². The van der Waals surface area contributed by atoms with Gasteiger partial charge in [0.1, 0.15) is 0 Å². The van der Waals surface area contributed by atoms with Crippen LogP contribution in [0.4, 0.5) is 0 Å². The van der Waals surface area contributed by atoms with E-state index in [1.54, 1.807) is 0 Å². The largest absolute Gasteiger partial charge is 0.249 e. The molecule has 0 aliphatic carbocycles. The van der Waals surface area contributed by atoms with Crippen LogP contribution in [0, 0.1) is 0 Å². The maximum atomic E-state index is 12.6. The first-order chi connectivity index (χ1) is 8.36. The fraction of sp³-hybridized carbons (Fsp3) is 0.143. The van der Waals surface area contributed by atoms with Crippen molar-refractivity contribution in [1.29, 1.82) is 0 Å². The number of hydrogen-bond acceptors (Lipinski definition) is 2. The molecule has 86 valence electrons. The summed E-state index contributed by atoms with van der Waals surface area (Å²) in [5, 5.41) is 0. The van der Waals surface area contributed by atoms with Crippen LogP contribution in [0.1, 0.15) is 11.1 Å². The average Bonchev–Trinajstić information content (AvgIpc) is 2.37. The Morgan fingerprint density at radius 3 is 1.82 bits per heavy atom. The lowest BCUT2D eigenvalue weighted by Gasteiger charge is -2.15. The molecule has 1 nitrogen and oxygen atoms in total. The van der Waals surface area contributed by atoms with Crippen molar-refractivity contribution in [3.8, 4) is 0 Å². The summed E-state index contributed by atoms with van der Waals surface area (Å²) in [6.45, 7) is 0. The first-order valence-electron chi connectivity index (χ1n) is 5.51. The predicted octanol–water partition coefficient (Wildman–Crippen LogP) is 3.60. The molecule has 0 aromatic heterocycles. The van der Waals surface area contributed by atoms with Crippen LogP contribution in [-0.2, 0) is 22.3 Å². The molecule has 0 saturated carbocycles. The van der Waals surface area contributed by atoms with Gasteiger partial charge in [-0.15, -0.1) is 0 Å². The lowest BCUT2D eigenvalue weighted by atomic mass is 10.2. The molecule has 0 atom stereocenters. The van der Waals surface area contributed by atoms with E-state index in [0.717, 1.165) is 21.3 Å². The van der Waals surface area contributed by atoms with E-state index in [0.29, 0.717) is 0 Å². The highest BCUT2D eigenvalue weighted by molar-refractivity contribution is 7.97. The van der Waals surface area contributed by atoms with Gasteiger partial charge in [0.05, 0.1) is 10.8 Å². The summed E-state index contributed by atoms with van der Waals surface area (Å²) in [5.41, 5.74) is 2.40. The van der Waals surface area contributed by atoms with Gasteiger partial charge < -0.3 is 0 Å². The number of benzene rings is 2. The Morgan fingerprint density at radius 1 is 0.824 bits per heavy atom. The minimum absolute atomic E-state index is 0.941. The van der Waals surface area contributed by atoms with Crippen LogP contribution in [0.2, 0.25) is 0 Å². The van der Waals surface area contributed by atoms with Crippen molar-refractivity contribution in [3.63, 3.8) is 0 Å². The summed E-state index contributed by atoms with van der Waals surface area (Å²) in [4.78, 5) is 1.93. The number of fused-ring (bicyclic) bond motifs is 2. The Morgan fingerprint density at radius 2 is 1.29 bits per heavy atom. The molecule has 0 radical (unpaired) electrons. The average molecular weight is 260 g/mol. The highest BCUT2D eigenvalue weighted by atomic mass is 32.2. The Hall–Kier alpha value is -1.06. The molecule has 0 spiro atoms. The molecule has 3 heteroatoms. The van der Waals surface area contributed by atoms with Crippen LogP contribution < -0.4 is 0 Å². The zero-order valence-corrected chi connectivity index (χ0v) is 10.9. The van der Waals surface area contributed by atoms with Gasteiger partial charge in [-0.05, 0) is 23.3 Å². The fourth-order valence-electron chi connectivity index (χ4n) is 2.00. The molecule has 1 aliphatic heterocycles. The summed E-state index contributed by atoms with van der Waals surface area (Å²) in [5.74, 6) is 1.88. The first-order valence-corrected chi connectivity index (χ1v) is 7.82. The van der Waals surface area contributed by atoms with Gasteiger partial charge in [0, 0.05) is 21.3 Å². The van der Waals surface area contributed by atoms with Crippen molar-refractivity contribution in [2.24, 2.45) is 0 Å². The second kappa shape index (κ2) is 4.67. The minimum atomic E-state index is -1.03. The molecule has 2 aromatic carbocycles. The SMILES string of the molecule is O=S1c2ccccc2CSCc2ccccc21. The van der Waals surface area contributed by atoms with E-state index < -0.39 is 10.8 Å². The van der Waals surface area contributed by atoms with Crippen molar-refractivity contribution in [2.75, 3.05) is 0 Å². The van der Waals surface area contributed by atoms with E-state index in [1.807, 2.05) is 48.2 Å². The number of thioether (sulfide) groups is 1. The molecule has 0 bridgehead atoms. The number of hydrogen-bond donors (Lipinski definition) is 0. The van der Waals surface area contributed by atoms with Crippen molar-refractivity contribution in [1.82, 2.24) is 0 Å². The smallest absolute Gasteiger partial charge is 0.0855 e. The van der Waals surface area contributed by atoms with Gasteiger partial charge in [-0.1, -0.05) is 36.4 Å². The van der Waals surface area contributed by atoms with Gasteiger partial charge in [0.25, 0.3) is 0 Å². The Bertz CT molecular complexity index is 528. The third-order valence-corrected chi connectivity index (χ3v) is 5.49. The van der Waals surface area contributed by atoms with Crippen molar-refractivity contribution in [3.05, 3.63) is 59.7 Å². The molecule has 0 N–H and O–H groups in total. The van der Waals surface area contributed by atoms with E-state index in [-0.39, 0.29) is 0 Å². The summed E-state index contributed by atoms with van der Waals surface area (Å²) >= 11 is 1.88. The minimum Gasteiger partial charge on any atom is -0.249 e. The van der Waals surface area contributed by atoms with Crippen LogP contribution in [-0.4, -0.2) is 4.21 Å². The summed E-state index contributed by atoms with van der Waals surface area (Å²) < 4.78 is 12.6. The van der Waals surface area contributed by atoms with Crippen molar-refractivity contribution >= 4 is 22.6 Å². The Labute approximate surface area is 108 Å². The van der Waals surface area contributed by atoms with Gasteiger partial charge in [0.15, 0.2) is 0 Å². The molecule has 17 heavy (non-hydrogen) atoms. The van der Waals surface area contributed by atoms with Gasteiger partial charge in [-0.25, -0.2) is 4.21 Å². The first kappa shape index (κ1) is 11.1. The van der Waals surface area contributed by atoms with Crippen LogP contribution >= 0.6 is 11.8 Å².